The third-order valence-corrected chi connectivity index (χ3v) is 7.21. The van der Waals surface area contributed by atoms with Gasteiger partial charge in [-0.1, -0.05) is 13.0 Å². The summed E-state index contributed by atoms with van der Waals surface area (Å²) in [5, 5.41) is 0. The van der Waals surface area contributed by atoms with E-state index >= 15 is 0 Å². The molecule has 250 valence electrons. The van der Waals surface area contributed by atoms with Crippen LogP contribution in [0.5, 0.6) is 0 Å². The van der Waals surface area contributed by atoms with E-state index in [0.717, 1.165) is 6.42 Å². The number of carbonyl (C=O) groups is 5. The fourth-order valence-electron chi connectivity index (χ4n) is 4.13. The van der Waals surface area contributed by atoms with Crippen molar-refractivity contribution in [3.63, 3.8) is 0 Å². The maximum Gasteiger partial charge on any atom is 0.311 e. The van der Waals surface area contributed by atoms with Crippen molar-refractivity contribution in [1.82, 2.24) is 4.90 Å². The molecule has 1 saturated heterocycles. The van der Waals surface area contributed by atoms with Crippen molar-refractivity contribution in [2.24, 2.45) is 27.6 Å². The molecule has 0 N–H and O–H groups in total. The van der Waals surface area contributed by atoms with Crippen molar-refractivity contribution in [3.8, 4) is 0 Å². The summed E-state index contributed by atoms with van der Waals surface area (Å²) in [4.78, 5) is 67.6. The second-order valence-electron chi connectivity index (χ2n) is 15.8. The zero-order valence-electron chi connectivity index (χ0n) is 28.8. The minimum absolute atomic E-state index is 0.0106. The SMILES string of the molecule is CC[C@H]1C=CN([C@@H]2O[C@H](COC(=O)C(C)(C)C)[C@H](OC(=O)C(C)(C)C)[C@H](OC(=O)C(C)(C)C)[C@H]2OC(=O)C(C)(C)C)C(=O)C1. The molecular weight excluding hydrogens is 570 g/mol. The minimum Gasteiger partial charge on any atom is -0.462 e. The highest BCUT2D eigenvalue weighted by Gasteiger charge is 2.56. The van der Waals surface area contributed by atoms with Crippen molar-refractivity contribution in [2.75, 3.05) is 6.61 Å². The summed E-state index contributed by atoms with van der Waals surface area (Å²) >= 11 is 0. The number of esters is 4. The Labute approximate surface area is 262 Å². The molecule has 0 aromatic heterocycles. The molecule has 2 rings (SSSR count). The van der Waals surface area contributed by atoms with E-state index in [-0.39, 0.29) is 24.9 Å². The van der Waals surface area contributed by atoms with Gasteiger partial charge in [0.05, 0.1) is 21.7 Å². The van der Waals surface area contributed by atoms with Crippen LogP contribution in [0, 0.1) is 27.6 Å². The Morgan fingerprint density at radius 2 is 1.16 bits per heavy atom. The predicted molar refractivity (Wildman–Crippen MR) is 161 cm³/mol. The lowest BCUT2D eigenvalue weighted by Gasteiger charge is -2.48. The standard InChI is InChI=1S/C33H53NO10/c1-14-19-15-16-34(21(35)17-19)25-24(44-29(39)33(11,12)13)23(43-28(38)32(8,9)10)22(42-27(37)31(5,6)7)20(41-25)18-40-26(36)30(2,3)4/h15-16,19-20,22-25H,14,17-18H2,1-13H3/t19-,20+,22-,23-,24+,25+/m0/s1. The predicted octanol–water partition coefficient (Wildman–Crippen LogP) is 4.95. The van der Waals surface area contributed by atoms with Gasteiger partial charge < -0.3 is 23.7 Å². The maximum absolute atomic E-state index is 13.4. The third-order valence-electron chi connectivity index (χ3n) is 7.21. The fraction of sp³-hybridized carbons (Fsp3) is 0.788. The normalized spacial score (nSPS) is 26.6. The lowest BCUT2D eigenvalue weighted by molar-refractivity contribution is -0.278. The molecule has 0 aromatic rings. The molecule has 0 spiro atoms. The Bertz CT molecular complexity index is 1120. The van der Waals surface area contributed by atoms with E-state index in [2.05, 4.69) is 0 Å². The lowest BCUT2D eigenvalue weighted by atomic mass is 9.91. The van der Waals surface area contributed by atoms with Crippen molar-refractivity contribution in [2.45, 2.75) is 133 Å². The summed E-state index contributed by atoms with van der Waals surface area (Å²) in [6.07, 6.45) is -2.28. The number of rotatable bonds is 7. The van der Waals surface area contributed by atoms with Crippen molar-refractivity contribution in [1.29, 1.82) is 0 Å². The zero-order chi connectivity index (χ0) is 34.0. The van der Waals surface area contributed by atoms with Gasteiger partial charge in [0.25, 0.3) is 0 Å². The van der Waals surface area contributed by atoms with E-state index in [1.165, 1.54) is 4.90 Å². The van der Waals surface area contributed by atoms with Crippen LogP contribution in [-0.2, 0) is 47.7 Å². The molecule has 6 atom stereocenters. The summed E-state index contributed by atoms with van der Waals surface area (Å²) in [6, 6.07) is 0. The topological polar surface area (TPSA) is 135 Å². The Kier molecular flexibility index (Phi) is 11.5. The van der Waals surface area contributed by atoms with Crippen molar-refractivity contribution in [3.05, 3.63) is 12.3 Å². The van der Waals surface area contributed by atoms with Crippen LogP contribution in [0.2, 0.25) is 0 Å². The number of hydrogen-bond acceptors (Lipinski definition) is 10. The number of allylic oxidation sites excluding steroid dienone is 1. The molecule has 0 unspecified atom stereocenters. The highest BCUT2D eigenvalue weighted by Crippen LogP contribution is 2.36. The van der Waals surface area contributed by atoms with Crippen molar-refractivity contribution >= 4 is 29.8 Å². The van der Waals surface area contributed by atoms with E-state index in [4.69, 9.17) is 23.7 Å². The van der Waals surface area contributed by atoms with E-state index in [9.17, 15) is 24.0 Å². The van der Waals surface area contributed by atoms with Crippen LogP contribution in [0.4, 0.5) is 0 Å². The molecule has 11 nitrogen and oxygen atoms in total. The molecule has 2 aliphatic heterocycles. The first-order chi connectivity index (χ1) is 19.9. The molecule has 0 bridgehead atoms. The van der Waals surface area contributed by atoms with Crippen LogP contribution in [0.1, 0.15) is 103 Å². The highest BCUT2D eigenvalue weighted by atomic mass is 16.7. The van der Waals surface area contributed by atoms with E-state index in [0.29, 0.717) is 0 Å². The van der Waals surface area contributed by atoms with Crippen LogP contribution in [0.25, 0.3) is 0 Å². The molecule has 2 heterocycles. The summed E-state index contributed by atoms with van der Waals surface area (Å²) in [7, 11) is 0. The van der Waals surface area contributed by atoms with Gasteiger partial charge >= 0.3 is 23.9 Å². The zero-order valence-corrected chi connectivity index (χ0v) is 28.8. The van der Waals surface area contributed by atoms with Crippen LogP contribution in [-0.4, -0.2) is 71.9 Å². The van der Waals surface area contributed by atoms with Gasteiger partial charge in [0, 0.05) is 12.6 Å². The first-order valence-electron chi connectivity index (χ1n) is 15.3. The van der Waals surface area contributed by atoms with Crippen LogP contribution in [0.3, 0.4) is 0 Å². The Morgan fingerprint density at radius 3 is 1.57 bits per heavy atom. The highest BCUT2D eigenvalue weighted by molar-refractivity contribution is 5.80. The average molecular weight is 624 g/mol. The van der Waals surface area contributed by atoms with Gasteiger partial charge in [-0.25, -0.2) is 0 Å². The number of hydrogen-bond donors (Lipinski definition) is 0. The van der Waals surface area contributed by atoms with Gasteiger partial charge in [-0.15, -0.1) is 0 Å². The molecule has 44 heavy (non-hydrogen) atoms. The first-order valence-corrected chi connectivity index (χ1v) is 15.3. The summed E-state index contributed by atoms with van der Waals surface area (Å²) in [5.74, 6) is -2.77. The summed E-state index contributed by atoms with van der Waals surface area (Å²) in [6.45, 7) is 21.6. The molecule has 0 aliphatic carbocycles. The molecular formula is C33H53NO10. The Morgan fingerprint density at radius 1 is 0.727 bits per heavy atom. The molecule has 2 aliphatic rings. The van der Waals surface area contributed by atoms with Gasteiger partial charge in [-0.05, 0) is 95.4 Å². The van der Waals surface area contributed by atoms with E-state index in [1.54, 1.807) is 89.3 Å². The fourth-order valence-corrected chi connectivity index (χ4v) is 4.13. The first kappa shape index (κ1) is 37.2. The molecule has 1 fully saturated rings. The van der Waals surface area contributed by atoms with Gasteiger partial charge in [0.2, 0.25) is 5.91 Å². The Hall–Kier alpha value is -2.95. The maximum atomic E-state index is 13.4. The quantitative estimate of drug-likeness (QED) is 0.283. The van der Waals surface area contributed by atoms with E-state index in [1.807, 2.05) is 13.0 Å². The number of nitrogens with zero attached hydrogens (tertiary/aromatic N) is 1. The Balaban J connectivity index is 2.76. The average Bonchev–Trinajstić information content (AvgIpc) is 2.87. The van der Waals surface area contributed by atoms with Gasteiger partial charge in [0.15, 0.2) is 24.5 Å². The smallest absolute Gasteiger partial charge is 0.311 e. The summed E-state index contributed by atoms with van der Waals surface area (Å²) < 4.78 is 30.0. The third kappa shape index (κ3) is 9.52. The lowest BCUT2D eigenvalue weighted by Crippen LogP contribution is -2.67. The number of ether oxygens (including phenoxy) is 5. The molecule has 0 radical (unpaired) electrons. The molecule has 1 amide bonds. The molecule has 11 heteroatoms. The van der Waals surface area contributed by atoms with Gasteiger partial charge in [0.1, 0.15) is 12.7 Å². The van der Waals surface area contributed by atoms with Crippen LogP contribution < -0.4 is 0 Å². The van der Waals surface area contributed by atoms with Crippen molar-refractivity contribution < 1.29 is 47.7 Å². The second kappa shape index (κ2) is 13.6. The number of amides is 1. The van der Waals surface area contributed by atoms with Crippen LogP contribution >= 0.6 is 0 Å². The number of carbonyl (C=O) groups excluding carboxylic acids is 5. The minimum atomic E-state index is -1.42. The second-order valence-corrected chi connectivity index (χ2v) is 15.8. The summed E-state index contributed by atoms with van der Waals surface area (Å²) in [5.41, 5.74) is -3.79. The van der Waals surface area contributed by atoms with E-state index < -0.39 is 76.2 Å². The monoisotopic (exact) mass is 623 g/mol. The van der Waals surface area contributed by atoms with Gasteiger partial charge in [-0.3, -0.25) is 28.9 Å². The molecule has 0 aromatic carbocycles. The van der Waals surface area contributed by atoms with Gasteiger partial charge in [-0.2, -0.15) is 0 Å². The van der Waals surface area contributed by atoms with Crippen LogP contribution in [0.15, 0.2) is 12.3 Å². The molecule has 0 saturated carbocycles. The largest absolute Gasteiger partial charge is 0.462 e.